The molecule has 16 nitrogen and oxygen atoms in total. The van der Waals surface area contributed by atoms with E-state index in [1.165, 1.54) is 0 Å². The van der Waals surface area contributed by atoms with Crippen LogP contribution in [0.25, 0.3) is 0 Å². The molecule has 0 unspecified atom stereocenters. The van der Waals surface area contributed by atoms with Gasteiger partial charge < -0.3 is 41.9 Å². The number of aliphatic carboxylic acids is 3. The van der Waals surface area contributed by atoms with E-state index in [1.54, 1.807) is 34.6 Å². The minimum Gasteiger partial charge on any atom is -0.481 e. The summed E-state index contributed by atoms with van der Waals surface area (Å²) >= 11 is 3.88. The molecule has 0 aromatic heterocycles. The van der Waals surface area contributed by atoms with E-state index in [0.29, 0.717) is 0 Å². The molecule has 8 N–H and O–H groups in total. The zero-order valence-electron chi connectivity index (χ0n) is 24.1. The highest BCUT2D eigenvalue weighted by Gasteiger charge is 2.34. The van der Waals surface area contributed by atoms with Crippen LogP contribution in [0.3, 0.4) is 0 Å². The van der Waals surface area contributed by atoms with Gasteiger partial charge in [0.25, 0.3) is 0 Å². The fourth-order valence-corrected chi connectivity index (χ4v) is 3.76. The molecule has 0 aromatic carbocycles. The first kappa shape index (κ1) is 38.1. The summed E-state index contributed by atoms with van der Waals surface area (Å²) in [4.78, 5) is 96.9. The smallest absolute Gasteiger partial charge is 0.327 e. The van der Waals surface area contributed by atoms with Gasteiger partial charge in [-0.15, -0.1) is 0 Å². The predicted octanol–water partition coefficient (Wildman–Crippen LogP) is -1.51. The molecule has 0 aliphatic heterocycles. The first-order valence-corrected chi connectivity index (χ1v) is 13.9. The van der Waals surface area contributed by atoms with Gasteiger partial charge in [0.15, 0.2) is 0 Å². The Balaban J connectivity index is 5.68. The van der Waals surface area contributed by atoms with E-state index in [1.807, 2.05) is 0 Å². The summed E-state index contributed by atoms with van der Waals surface area (Å²) in [6.45, 7) is 7.97. The first-order valence-electron chi connectivity index (χ1n) is 13.2. The number of carboxylic acids is 3. The molecule has 0 radical (unpaired) electrons. The van der Waals surface area contributed by atoms with Crippen LogP contribution < -0.4 is 26.6 Å². The Kier molecular flexibility index (Phi) is 16.8. The molecule has 5 atom stereocenters. The summed E-state index contributed by atoms with van der Waals surface area (Å²) in [7, 11) is 0. The lowest BCUT2D eigenvalue weighted by molar-refractivity contribution is -0.142. The maximum Gasteiger partial charge on any atom is 0.327 e. The van der Waals surface area contributed by atoms with E-state index in [0.717, 1.165) is 0 Å². The third kappa shape index (κ3) is 13.6. The number of rotatable bonds is 19. The van der Waals surface area contributed by atoms with Crippen LogP contribution in [0.15, 0.2) is 0 Å². The fourth-order valence-electron chi connectivity index (χ4n) is 3.51. The van der Waals surface area contributed by atoms with Crippen LogP contribution in [-0.4, -0.2) is 98.7 Å². The summed E-state index contributed by atoms with van der Waals surface area (Å²) in [5, 5.41) is 38.9. The molecule has 5 amide bonds. The molecule has 42 heavy (non-hydrogen) atoms. The highest BCUT2D eigenvalue weighted by Crippen LogP contribution is 2.09. The van der Waals surface area contributed by atoms with Gasteiger partial charge in [-0.25, -0.2) is 4.79 Å². The standard InChI is InChI=1S/C25H41N5O11S/c1-6-13(21(36)28-15(10-42)25(40)41)27-23(38)19(11(2)3)30-24(39)20(12(4)5)29-22(37)14(9-18(34)35)26-16(31)7-8-17(32)33/h11-15,19-20,42H,6-10H2,1-5H3,(H,26,31)(H,27,38)(H,28,36)(H,29,37)(H,30,39)(H,32,33)(H,34,35)(H,40,41)/t13-,14-,15-,19-,20-/m0/s1. The molecule has 0 saturated heterocycles. The number of nitrogens with one attached hydrogen (secondary N) is 5. The van der Waals surface area contributed by atoms with Crippen molar-refractivity contribution in [2.45, 2.75) is 90.5 Å². The van der Waals surface area contributed by atoms with E-state index in [9.17, 15) is 38.4 Å². The average molecular weight is 620 g/mol. The maximum absolute atomic E-state index is 13.2. The van der Waals surface area contributed by atoms with Gasteiger partial charge in [0, 0.05) is 12.2 Å². The Morgan fingerprint density at radius 3 is 1.45 bits per heavy atom. The maximum atomic E-state index is 13.2. The molecule has 17 heteroatoms. The van der Waals surface area contributed by atoms with Gasteiger partial charge in [-0.3, -0.25) is 33.6 Å². The van der Waals surface area contributed by atoms with E-state index >= 15 is 0 Å². The zero-order chi connectivity index (χ0) is 32.7. The van der Waals surface area contributed by atoms with Crippen LogP contribution >= 0.6 is 12.6 Å². The Bertz CT molecular complexity index is 1020. The number of hydrogen-bond acceptors (Lipinski definition) is 9. The van der Waals surface area contributed by atoms with Crippen molar-refractivity contribution in [1.82, 2.24) is 26.6 Å². The number of carboxylic acid groups (broad SMARTS) is 3. The Morgan fingerprint density at radius 2 is 1.05 bits per heavy atom. The second-order valence-corrected chi connectivity index (χ2v) is 10.5. The summed E-state index contributed by atoms with van der Waals surface area (Å²) in [6, 6.07) is -6.49. The quantitative estimate of drug-likeness (QED) is 0.0751. The van der Waals surface area contributed by atoms with Gasteiger partial charge in [-0.05, 0) is 18.3 Å². The Hall–Kier alpha value is -3.89. The van der Waals surface area contributed by atoms with Gasteiger partial charge in [-0.1, -0.05) is 34.6 Å². The lowest BCUT2D eigenvalue weighted by Gasteiger charge is -2.29. The molecule has 0 heterocycles. The van der Waals surface area contributed by atoms with Crippen molar-refractivity contribution >= 4 is 60.1 Å². The van der Waals surface area contributed by atoms with E-state index in [2.05, 4.69) is 39.2 Å². The van der Waals surface area contributed by atoms with Gasteiger partial charge >= 0.3 is 17.9 Å². The topological polar surface area (TPSA) is 257 Å². The molecular formula is C25H41N5O11S. The van der Waals surface area contributed by atoms with Crippen molar-refractivity contribution in [2.75, 3.05) is 5.75 Å². The van der Waals surface area contributed by atoms with Crippen molar-refractivity contribution < 1.29 is 53.7 Å². The van der Waals surface area contributed by atoms with Crippen molar-refractivity contribution in [3.05, 3.63) is 0 Å². The third-order valence-corrected chi connectivity index (χ3v) is 6.29. The summed E-state index contributed by atoms with van der Waals surface area (Å²) in [5.74, 6) is -9.47. The number of carbonyl (C=O) groups excluding carboxylic acids is 5. The molecule has 0 aliphatic rings. The Morgan fingerprint density at radius 1 is 0.595 bits per heavy atom. The van der Waals surface area contributed by atoms with Crippen LogP contribution in [0.2, 0.25) is 0 Å². The average Bonchev–Trinajstić information content (AvgIpc) is 2.88. The molecule has 0 spiro atoms. The summed E-state index contributed by atoms with van der Waals surface area (Å²) in [6.07, 6.45) is -1.78. The predicted molar refractivity (Wildman–Crippen MR) is 150 cm³/mol. The molecule has 0 aromatic rings. The normalized spacial score (nSPS) is 14.5. The van der Waals surface area contributed by atoms with E-state index in [-0.39, 0.29) is 12.2 Å². The monoisotopic (exact) mass is 619 g/mol. The van der Waals surface area contributed by atoms with Crippen molar-refractivity contribution in [3.63, 3.8) is 0 Å². The SMILES string of the molecule is CC[C@H](NC(=O)[C@@H](NC(=O)[C@@H](NC(=O)[C@H](CC(=O)O)NC(=O)CCC(=O)O)C(C)C)C(C)C)C(=O)N[C@@H](CS)C(=O)O. The van der Waals surface area contributed by atoms with Crippen LogP contribution in [0, 0.1) is 11.8 Å². The highest BCUT2D eigenvalue weighted by atomic mass is 32.1. The second kappa shape index (κ2) is 18.5. The molecule has 0 saturated carbocycles. The van der Waals surface area contributed by atoms with Crippen molar-refractivity contribution in [1.29, 1.82) is 0 Å². The molecular weight excluding hydrogens is 578 g/mol. The number of thiol groups is 1. The Labute approximate surface area is 248 Å². The lowest BCUT2D eigenvalue weighted by atomic mass is 9.98. The third-order valence-electron chi connectivity index (χ3n) is 5.93. The van der Waals surface area contributed by atoms with Crippen LogP contribution in [-0.2, 0) is 38.4 Å². The second-order valence-electron chi connectivity index (χ2n) is 10.1. The number of carbonyl (C=O) groups is 8. The van der Waals surface area contributed by atoms with Gasteiger partial charge in [0.05, 0.1) is 12.8 Å². The molecule has 0 rings (SSSR count). The summed E-state index contributed by atoms with van der Waals surface area (Å²) < 4.78 is 0. The van der Waals surface area contributed by atoms with Crippen LogP contribution in [0.1, 0.15) is 60.3 Å². The lowest BCUT2D eigenvalue weighted by Crippen LogP contribution is -2.61. The van der Waals surface area contributed by atoms with E-state index < -0.39 is 109 Å². The van der Waals surface area contributed by atoms with Crippen molar-refractivity contribution in [3.8, 4) is 0 Å². The number of amides is 5. The van der Waals surface area contributed by atoms with Crippen LogP contribution in [0.5, 0.6) is 0 Å². The van der Waals surface area contributed by atoms with Crippen molar-refractivity contribution in [2.24, 2.45) is 11.8 Å². The highest BCUT2D eigenvalue weighted by molar-refractivity contribution is 7.80. The van der Waals surface area contributed by atoms with Gasteiger partial charge in [0.1, 0.15) is 30.2 Å². The van der Waals surface area contributed by atoms with Crippen LogP contribution in [0.4, 0.5) is 0 Å². The molecule has 238 valence electrons. The fraction of sp³-hybridized carbons (Fsp3) is 0.680. The zero-order valence-corrected chi connectivity index (χ0v) is 25.0. The minimum atomic E-state index is -1.61. The van der Waals surface area contributed by atoms with Gasteiger partial charge in [0.2, 0.25) is 29.5 Å². The summed E-state index contributed by atoms with van der Waals surface area (Å²) in [5.41, 5.74) is 0. The minimum absolute atomic E-state index is 0.100. The first-order chi connectivity index (χ1) is 19.4. The molecule has 0 fully saturated rings. The number of hydrogen-bond donors (Lipinski definition) is 9. The molecule has 0 bridgehead atoms. The largest absolute Gasteiger partial charge is 0.481 e. The van der Waals surface area contributed by atoms with Gasteiger partial charge in [-0.2, -0.15) is 12.6 Å². The van der Waals surface area contributed by atoms with E-state index in [4.69, 9.17) is 15.3 Å². The molecule has 0 aliphatic carbocycles.